The molecule has 0 saturated carbocycles. The molecule has 0 aliphatic rings. The van der Waals surface area contributed by atoms with Gasteiger partial charge in [0.1, 0.15) is 11.6 Å². The van der Waals surface area contributed by atoms with Gasteiger partial charge in [-0.1, -0.05) is 13.0 Å². The first-order chi connectivity index (χ1) is 10.2. The van der Waals surface area contributed by atoms with E-state index in [1.165, 1.54) is 17.0 Å². The van der Waals surface area contributed by atoms with E-state index >= 15 is 0 Å². The van der Waals surface area contributed by atoms with Crippen molar-refractivity contribution in [2.75, 3.05) is 5.88 Å². The third-order valence-corrected chi connectivity index (χ3v) is 4.78. The van der Waals surface area contributed by atoms with Crippen LogP contribution in [0, 0.1) is 5.82 Å². The van der Waals surface area contributed by atoms with Crippen LogP contribution < -0.4 is 0 Å². The molecule has 3 rings (SSSR count). The van der Waals surface area contributed by atoms with Gasteiger partial charge in [0.2, 0.25) is 0 Å². The molecule has 0 radical (unpaired) electrons. The average Bonchev–Trinajstić information content (AvgIpc) is 3.09. The van der Waals surface area contributed by atoms with E-state index in [2.05, 4.69) is 34.0 Å². The normalized spacial score (nSPS) is 12.9. The summed E-state index contributed by atoms with van der Waals surface area (Å²) >= 11 is 7.65. The fourth-order valence-electron chi connectivity index (χ4n) is 2.72. The quantitative estimate of drug-likeness (QED) is 0.603. The van der Waals surface area contributed by atoms with E-state index in [0.29, 0.717) is 17.8 Å². The lowest BCUT2D eigenvalue weighted by Gasteiger charge is -2.19. The van der Waals surface area contributed by atoms with Gasteiger partial charge in [0.15, 0.2) is 0 Å². The van der Waals surface area contributed by atoms with E-state index in [9.17, 15) is 4.39 Å². The maximum atomic E-state index is 13.4. The highest BCUT2D eigenvalue weighted by Gasteiger charge is 2.20. The second-order valence-electron chi connectivity index (χ2n) is 4.91. The first-order valence-corrected chi connectivity index (χ1v) is 8.41. The van der Waals surface area contributed by atoms with Gasteiger partial charge >= 0.3 is 0 Å². The number of hydrogen-bond acceptors (Lipinski definition) is 2. The molecule has 0 bridgehead atoms. The van der Waals surface area contributed by atoms with Crippen LogP contribution in [-0.4, -0.2) is 15.4 Å². The molecule has 0 spiro atoms. The van der Waals surface area contributed by atoms with Gasteiger partial charge in [-0.2, -0.15) is 0 Å². The van der Waals surface area contributed by atoms with Crippen molar-refractivity contribution in [2.24, 2.45) is 0 Å². The van der Waals surface area contributed by atoms with Crippen LogP contribution in [0.2, 0.25) is 0 Å². The van der Waals surface area contributed by atoms with E-state index in [1.807, 2.05) is 6.07 Å². The summed E-state index contributed by atoms with van der Waals surface area (Å²) in [7, 11) is 0. The first-order valence-electron chi connectivity index (χ1n) is 7.00. The standard InChI is InChI=1S/C16H16ClFN2S/c1-2-13(15-4-3-9-21-15)20-14-6-5-11(18)10-12(14)19-16(20)7-8-17/h3-6,9-10,13H,2,7-8H2,1H3. The van der Waals surface area contributed by atoms with Crippen LogP contribution in [0.15, 0.2) is 35.7 Å². The predicted octanol–water partition coefficient (Wildman–Crippen LogP) is 5.02. The minimum atomic E-state index is -0.256. The Kier molecular flexibility index (Phi) is 4.27. The Morgan fingerprint density at radius 2 is 2.24 bits per heavy atom. The smallest absolute Gasteiger partial charge is 0.125 e. The molecule has 21 heavy (non-hydrogen) atoms. The molecule has 0 saturated heterocycles. The molecule has 0 aliphatic heterocycles. The number of thiophene rings is 1. The van der Waals surface area contributed by atoms with Gasteiger partial charge in [0.25, 0.3) is 0 Å². The van der Waals surface area contributed by atoms with Gasteiger partial charge in [-0.05, 0) is 30.0 Å². The van der Waals surface area contributed by atoms with Crippen LogP contribution >= 0.6 is 22.9 Å². The third kappa shape index (κ3) is 2.70. The van der Waals surface area contributed by atoms with Crippen molar-refractivity contribution in [3.8, 4) is 0 Å². The molecule has 0 amide bonds. The summed E-state index contributed by atoms with van der Waals surface area (Å²) in [6.07, 6.45) is 1.64. The highest BCUT2D eigenvalue weighted by molar-refractivity contribution is 7.10. The van der Waals surface area contributed by atoms with Gasteiger partial charge in [-0.3, -0.25) is 0 Å². The zero-order valence-electron chi connectivity index (χ0n) is 11.7. The molecule has 2 nitrogen and oxygen atoms in total. The molecule has 2 aromatic heterocycles. The lowest BCUT2D eigenvalue weighted by Crippen LogP contribution is -2.12. The van der Waals surface area contributed by atoms with Crippen LogP contribution in [0.5, 0.6) is 0 Å². The van der Waals surface area contributed by atoms with E-state index in [-0.39, 0.29) is 11.9 Å². The number of rotatable bonds is 5. The lowest BCUT2D eigenvalue weighted by atomic mass is 10.1. The third-order valence-electron chi connectivity index (χ3n) is 3.61. The minimum absolute atomic E-state index is 0.221. The Balaban J connectivity index is 2.20. The number of aromatic nitrogens is 2. The molecule has 1 atom stereocenters. The van der Waals surface area contributed by atoms with Crippen LogP contribution in [-0.2, 0) is 6.42 Å². The van der Waals surface area contributed by atoms with Crippen molar-refractivity contribution < 1.29 is 4.39 Å². The highest BCUT2D eigenvalue weighted by atomic mass is 35.5. The second kappa shape index (κ2) is 6.16. The largest absolute Gasteiger partial charge is 0.319 e. The van der Waals surface area contributed by atoms with Crippen molar-refractivity contribution >= 4 is 34.0 Å². The van der Waals surface area contributed by atoms with Crippen molar-refractivity contribution in [3.05, 3.63) is 52.2 Å². The van der Waals surface area contributed by atoms with Gasteiger partial charge < -0.3 is 4.57 Å². The summed E-state index contributed by atoms with van der Waals surface area (Å²) in [6.45, 7) is 2.16. The molecular formula is C16H16ClFN2S. The van der Waals surface area contributed by atoms with Gasteiger partial charge in [0, 0.05) is 23.2 Å². The molecule has 0 fully saturated rings. The zero-order valence-corrected chi connectivity index (χ0v) is 13.3. The molecule has 110 valence electrons. The summed E-state index contributed by atoms with van der Waals surface area (Å²) < 4.78 is 15.7. The molecular weight excluding hydrogens is 307 g/mol. The fraction of sp³-hybridized carbons (Fsp3) is 0.312. The monoisotopic (exact) mass is 322 g/mol. The van der Waals surface area contributed by atoms with Crippen molar-refractivity contribution in [1.82, 2.24) is 9.55 Å². The van der Waals surface area contributed by atoms with Crippen LogP contribution in [0.1, 0.15) is 30.1 Å². The summed E-state index contributed by atoms with van der Waals surface area (Å²) in [5.74, 6) is 1.17. The maximum absolute atomic E-state index is 13.4. The summed E-state index contributed by atoms with van der Waals surface area (Å²) in [5, 5.41) is 2.08. The van der Waals surface area contributed by atoms with Gasteiger partial charge in [-0.25, -0.2) is 9.37 Å². The van der Waals surface area contributed by atoms with E-state index in [0.717, 1.165) is 17.8 Å². The van der Waals surface area contributed by atoms with Crippen molar-refractivity contribution in [1.29, 1.82) is 0 Å². The molecule has 3 aromatic rings. The number of alkyl halides is 1. The lowest BCUT2D eigenvalue weighted by molar-refractivity contribution is 0.567. The van der Waals surface area contributed by atoms with E-state index < -0.39 is 0 Å². The highest BCUT2D eigenvalue weighted by Crippen LogP contribution is 2.31. The molecule has 1 aromatic carbocycles. The number of imidazole rings is 1. The summed E-state index contributed by atoms with van der Waals surface area (Å²) in [6, 6.07) is 9.21. The Hall–Kier alpha value is -1.39. The minimum Gasteiger partial charge on any atom is -0.319 e. The molecule has 5 heteroatoms. The second-order valence-corrected chi connectivity index (χ2v) is 6.27. The summed E-state index contributed by atoms with van der Waals surface area (Å²) in [4.78, 5) is 5.87. The SMILES string of the molecule is CCC(c1cccs1)n1c(CCCl)nc2cc(F)ccc21. The molecule has 2 heterocycles. The maximum Gasteiger partial charge on any atom is 0.125 e. The van der Waals surface area contributed by atoms with E-state index in [4.69, 9.17) is 11.6 Å². The van der Waals surface area contributed by atoms with Gasteiger partial charge in [0.05, 0.1) is 17.1 Å². The Morgan fingerprint density at radius 1 is 1.38 bits per heavy atom. The predicted molar refractivity (Wildman–Crippen MR) is 86.9 cm³/mol. The molecule has 1 unspecified atom stereocenters. The fourth-order valence-corrected chi connectivity index (χ4v) is 3.79. The number of halogens is 2. The molecule has 0 N–H and O–H groups in total. The Labute approximate surface area is 132 Å². The number of aryl methyl sites for hydroxylation is 1. The Morgan fingerprint density at radius 3 is 2.90 bits per heavy atom. The van der Waals surface area contributed by atoms with Crippen LogP contribution in [0.4, 0.5) is 4.39 Å². The topological polar surface area (TPSA) is 17.8 Å². The average molecular weight is 323 g/mol. The van der Waals surface area contributed by atoms with Crippen molar-refractivity contribution in [2.45, 2.75) is 25.8 Å². The van der Waals surface area contributed by atoms with E-state index in [1.54, 1.807) is 11.3 Å². The number of nitrogens with zero attached hydrogens (tertiary/aromatic N) is 2. The van der Waals surface area contributed by atoms with Gasteiger partial charge in [-0.15, -0.1) is 22.9 Å². The number of hydrogen-bond donors (Lipinski definition) is 0. The first kappa shape index (κ1) is 14.5. The van der Waals surface area contributed by atoms with Crippen molar-refractivity contribution in [3.63, 3.8) is 0 Å². The van der Waals surface area contributed by atoms with Crippen LogP contribution in [0.3, 0.4) is 0 Å². The Bertz CT molecular complexity index is 736. The number of benzene rings is 1. The number of fused-ring (bicyclic) bond motifs is 1. The summed E-state index contributed by atoms with van der Waals surface area (Å²) in [5.41, 5.74) is 1.67. The zero-order chi connectivity index (χ0) is 14.8. The van der Waals surface area contributed by atoms with Crippen LogP contribution in [0.25, 0.3) is 11.0 Å². The molecule has 0 aliphatic carbocycles.